The molecule has 5 heteroatoms. The number of fused-ring (bicyclic) bond motifs is 1. The van der Waals surface area contributed by atoms with Gasteiger partial charge in [-0.05, 0) is 60.2 Å². The van der Waals surface area contributed by atoms with Gasteiger partial charge in [-0.1, -0.05) is 0 Å². The summed E-state index contributed by atoms with van der Waals surface area (Å²) in [4.78, 5) is 4.10. The number of methoxy groups -OCH3 is 1. The zero-order chi connectivity index (χ0) is 17.4. The average molecular weight is 334 g/mol. The molecule has 1 N–H and O–H groups in total. The minimum absolute atomic E-state index is 0.105. The number of hydrogen-bond donors (Lipinski definition) is 1. The fourth-order valence-corrected chi connectivity index (χ4v) is 2.95. The van der Waals surface area contributed by atoms with Gasteiger partial charge in [-0.3, -0.25) is 4.98 Å². The van der Waals surface area contributed by atoms with Gasteiger partial charge in [0.25, 0.3) is 0 Å². The minimum Gasteiger partial charge on any atom is -0.506 e. The van der Waals surface area contributed by atoms with Crippen molar-refractivity contribution in [3.63, 3.8) is 0 Å². The minimum atomic E-state index is -0.291. The quantitative estimate of drug-likeness (QED) is 0.598. The van der Waals surface area contributed by atoms with Crippen LogP contribution in [0.2, 0.25) is 0 Å². The Balaban J connectivity index is 2.00. The van der Waals surface area contributed by atoms with Crippen molar-refractivity contribution in [2.45, 2.75) is 0 Å². The van der Waals surface area contributed by atoms with Crippen LogP contribution in [0.25, 0.3) is 27.8 Å². The van der Waals surface area contributed by atoms with Crippen LogP contribution in [0.5, 0.6) is 11.5 Å². The summed E-state index contributed by atoms with van der Waals surface area (Å²) in [6.45, 7) is 0. The molecule has 25 heavy (non-hydrogen) atoms. The van der Waals surface area contributed by atoms with E-state index in [1.54, 1.807) is 25.4 Å². The Morgan fingerprint density at radius 1 is 1.00 bits per heavy atom. The lowest BCUT2D eigenvalue weighted by molar-refractivity contribution is 0.415. The number of aromatic nitrogens is 2. The predicted molar refractivity (Wildman–Crippen MR) is 94.7 cm³/mol. The first kappa shape index (κ1) is 15.2. The van der Waals surface area contributed by atoms with Crippen LogP contribution in [-0.2, 0) is 0 Å². The molecule has 4 aromatic rings. The Morgan fingerprint density at radius 3 is 2.40 bits per heavy atom. The zero-order valence-corrected chi connectivity index (χ0v) is 13.5. The van der Waals surface area contributed by atoms with Crippen LogP contribution in [-0.4, -0.2) is 21.8 Å². The first-order valence-corrected chi connectivity index (χ1v) is 7.76. The van der Waals surface area contributed by atoms with Gasteiger partial charge in [-0.15, -0.1) is 0 Å². The van der Waals surface area contributed by atoms with Crippen LogP contribution >= 0.6 is 0 Å². The highest BCUT2D eigenvalue weighted by Crippen LogP contribution is 2.35. The Hall–Kier alpha value is -3.34. The highest BCUT2D eigenvalue weighted by atomic mass is 19.1. The van der Waals surface area contributed by atoms with Crippen molar-refractivity contribution < 1.29 is 14.2 Å². The molecule has 0 bridgehead atoms. The normalized spacial score (nSPS) is 11.0. The fraction of sp³-hybridized carbons (Fsp3) is 0.0500. The molecule has 0 saturated carbocycles. The summed E-state index contributed by atoms with van der Waals surface area (Å²) in [5.74, 6) is 0.568. The average Bonchev–Trinajstić information content (AvgIpc) is 3.03. The van der Waals surface area contributed by atoms with E-state index in [-0.39, 0.29) is 11.6 Å². The topological polar surface area (TPSA) is 47.3 Å². The molecule has 0 saturated heterocycles. The van der Waals surface area contributed by atoms with E-state index in [9.17, 15) is 9.50 Å². The third kappa shape index (κ3) is 2.59. The Kier molecular flexibility index (Phi) is 3.61. The van der Waals surface area contributed by atoms with Gasteiger partial charge < -0.3 is 14.4 Å². The summed E-state index contributed by atoms with van der Waals surface area (Å²) in [7, 11) is 1.62. The van der Waals surface area contributed by atoms with E-state index < -0.39 is 0 Å². The van der Waals surface area contributed by atoms with Gasteiger partial charge in [0.05, 0.1) is 30.7 Å². The number of nitrogens with zero attached hydrogens (tertiary/aromatic N) is 2. The molecular weight excluding hydrogens is 319 g/mol. The van der Waals surface area contributed by atoms with E-state index in [0.717, 1.165) is 28.2 Å². The highest BCUT2D eigenvalue weighted by Gasteiger charge is 2.15. The van der Waals surface area contributed by atoms with Crippen LogP contribution in [0, 0.1) is 5.82 Å². The molecule has 0 atom stereocenters. The van der Waals surface area contributed by atoms with Crippen molar-refractivity contribution in [3.8, 4) is 28.4 Å². The van der Waals surface area contributed by atoms with Crippen LogP contribution in [0.1, 0.15) is 0 Å². The lowest BCUT2D eigenvalue weighted by Crippen LogP contribution is -1.97. The van der Waals surface area contributed by atoms with Crippen molar-refractivity contribution >= 4 is 10.9 Å². The molecule has 0 aliphatic heterocycles. The van der Waals surface area contributed by atoms with Crippen LogP contribution < -0.4 is 4.74 Å². The van der Waals surface area contributed by atoms with Crippen molar-refractivity contribution in [3.05, 3.63) is 72.8 Å². The Morgan fingerprint density at radius 2 is 1.72 bits per heavy atom. The van der Waals surface area contributed by atoms with Gasteiger partial charge in [-0.2, -0.15) is 0 Å². The van der Waals surface area contributed by atoms with E-state index in [1.807, 2.05) is 34.9 Å². The summed E-state index contributed by atoms with van der Waals surface area (Å²) >= 11 is 0. The lowest BCUT2D eigenvalue weighted by atomic mass is 10.1. The van der Waals surface area contributed by atoms with E-state index in [0.29, 0.717) is 5.39 Å². The molecular formula is C20H15FN2O2. The van der Waals surface area contributed by atoms with Crippen LogP contribution in [0.15, 0.2) is 67.0 Å². The molecule has 4 rings (SSSR count). The second-order valence-corrected chi connectivity index (χ2v) is 5.66. The van der Waals surface area contributed by atoms with Gasteiger partial charge in [0.15, 0.2) is 0 Å². The maximum absolute atomic E-state index is 13.3. The number of rotatable bonds is 3. The number of aromatic hydroxyl groups is 1. The predicted octanol–water partition coefficient (Wildman–Crippen LogP) is 4.55. The molecule has 2 aromatic carbocycles. The molecule has 124 valence electrons. The molecule has 2 heterocycles. The third-order valence-corrected chi connectivity index (χ3v) is 4.18. The van der Waals surface area contributed by atoms with Gasteiger partial charge in [-0.25, -0.2) is 4.39 Å². The molecule has 0 unspecified atom stereocenters. The van der Waals surface area contributed by atoms with Gasteiger partial charge in [0, 0.05) is 11.1 Å². The standard InChI is InChI=1S/C20H15FN2O2/c1-25-16-8-6-15(7-9-16)23-18(13-2-4-14(21)5-3-13)10-17-19(23)11-22-12-20(17)24/h2-12,24H,1H3. The zero-order valence-electron chi connectivity index (χ0n) is 13.5. The van der Waals surface area contributed by atoms with E-state index in [4.69, 9.17) is 4.74 Å². The molecule has 0 aliphatic carbocycles. The van der Waals surface area contributed by atoms with E-state index in [1.165, 1.54) is 18.3 Å². The van der Waals surface area contributed by atoms with Crippen molar-refractivity contribution in [1.29, 1.82) is 0 Å². The SMILES string of the molecule is COc1ccc(-n2c(-c3ccc(F)cc3)cc3c(O)cncc32)cc1. The Bertz CT molecular complexity index is 1040. The molecule has 0 aliphatic rings. The number of halogens is 1. The fourth-order valence-electron chi connectivity index (χ4n) is 2.95. The third-order valence-electron chi connectivity index (χ3n) is 4.18. The molecule has 2 aromatic heterocycles. The maximum atomic E-state index is 13.3. The summed E-state index contributed by atoms with van der Waals surface area (Å²) in [5, 5.41) is 10.9. The van der Waals surface area contributed by atoms with Crippen LogP contribution in [0.3, 0.4) is 0 Å². The first-order chi connectivity index (χ1) is 12.2. The van der Waals surface area contributed by atoms with Gasteiger partial charge >= 0.3 is 0 Å². The van der Waals surface area contributed by atoms with Gasteiger partial charge in [0.2, 0.25) is 0 Å². The van der Waals surface area contributed by atoms with E-state index >= 15 is 0 Å². The maximum Gasteiger partial charge on any atom is 0.143 e. The summed E-state index contributed by atoms with van der Waals surface area (Å²) in [6, 6.07) is 15.7. The number of ether oxygens (including phenoxy) is 1. The van der Waals surface area contributed by atoms with Crippen molar-refractivity contribution in [1.82, 2.24) is 9.55 Å². The molecule has 0 spiro atoms. The van der Waals surface area contributed by atoms with Crippen molar-refractivity contribution in [2.75, 3.05) is 7.11 Å². The molecule has 0 fully saturated rings. The monoisotopic (exact) mass is 334 g/mol. The molecule has 0 amide bonds. The largest absolute Gasteiger partial charge is 0.506 e. The smallest absolute Gasteiger partial charge is 0.143 e. The summed E-state index contributed by atoms with van der Waals surface area (Å²) in [6.07, 6.45) is 3.11. The summed E-state index contributed by atoms with van der Waals surface area (Å²) in [5.41, 5.74) is 3.34. The van der Waals surface area contributed by atoms with Crippen LogP contribution in [0.4, 0.5) is 4.39 Å². The second-order valence-electron chi connectivity index (χ2n) is 5.66. The second kappa shape index (κ2) is 5.94. The highest BCUT2D eigenvalue weighted by molar-refractivity contribution is 5.92. The molecule has 4 nitrogen and oxygen atoms in total. The first-order valence-electron chi connectivity index (χ1n) is 7.76. The summed E-state index contributed by atoms with van der Waals surface area (Å²) < 4.78 is 20.5. The van der Waals surface area contributed by atoms with Crippen molar-refractivity contribution in [2.24, 2.45) is 0 Å². The van der Waals surface area contributed by atoms with E-state index in [2.05, 4.69) is 4.98 Å². The molecule has 0 radical (unpaired) electrons. The number of pyridine rings is 1. The number of benzene rings is 2. The Labute approximate surface area is 143 Å². The number of hydrogen-bond acceptors (Lipinski definition) is 3. The lowest BCUT2D eigenvalue weighted by Gasteiger charge is -2.12. The van der Waals surface area contributed by atoms with Gasteiger partial charge in [0.1, 0.15) is 17.3 Å².